The molecule has 1 heterocycles. The van der Waals surface area contributed by atoms with E-state index in [0.29, 0.717) is 0 Å². The maximum atomic E-state index is 11.4. The van der Waals surface area contributed by atoms with Crippen molar-refractivity contribution in [2.75, 3.05) is 0 Å². The molecule has 0 aromatic carbocycles. The highest BCUT2D eigenvalue weighted by Gasteiger charge is 2.24. The Morgan fingerprint density at radius 1 is 1.64 bits per heavy atom. The van der Waals surface area contributed by atoms with Gasteiger partial charge in [-0.05, 0) is 32.3 Å². The van der Waals surface area contributed by atoms with E-state index in [1.165, 1.54) is 6.26 Å². The van der Waals surface area contributed by atoms with Gasteiger partial charge in [0.05, 0.1) is 12.2 Å². The number of esters is 1. The molecule has 0 radical (unpaired) electrons. The number of hydrogen-bond acceptors (Lipinski definition) is 3. The molecule has 0 saturated heterocycles. The molecule has 80 valence electrons. The lowest BCUT2D eigenvalue weighted by Crippen LogP contribution is -2.37. The second kappa shape index (κ2) is 4.13. The third-order valence-corrected chi connectivity index (χ3v) is 2.99. The molecule has 0 aromatic rings. The summed E-state index contributed by atoms with van der Waals surface area (Å²) in [5.41, 5.74) is 6.68. The van der Waals surface area contributed by atoms with E-state index in [1.807, 2.05) is 20.8 Å². The van der Waals surface area contributed by atoms with Crippen LogP contribution in [0.3, 0.4) is 0 Å². The van der Waals surface area contributed by atoms with Crippen molar-refractivity contribution in [3.8, 4) is 0 Å². The molecule has 1 rings (SSSR count). The smallest absolute Gasteiger partial charge is 0.313 e. The van der Waals surface area contributed by atoms with Gasteiger partial charge in [0.2, 0.25) is 0 Å². The van der Waals surface area contributed by atoms with Gasteiger partial charge in [0.25, 0.3) is 0 Å². The summed E-state index contributed by atoms with van der Waals surface area (Å²) in [5, 5.41) is 0. The van der Waals surface area contributed by atoms with Gasteiger partial charge in [0.15, 0.2) is 0 Å². The van der Waals surface area contributed by atoms with E-state index in [9.17, 15) is 4.79 Å². The van der Waals surface area contributed by atoms with Crippen molar-refractivity contribution in [1.82, 2.24) is 0 Å². The van der Waals surface area contributed by atoms with Crippen LogP contribution in [0.2, 0.25) is 0 Å². The first kappa shape index (κ1) is 11.2. The molecule has 14 heavy (non-hydrogen) atoms. The maximum absolute atomic E-state index is 11.4. The number of carbonyl (C=O) groups excluding carboxylic acids is 1. The van der Waals surface area contributed by atoms with Crippen molar-refractivity contribution >= 4 is 5.97 Å². The largest absolute Gasteiger partial charge is 0.434 e. The van der Waals surface area contributed by atoms with E-state index < -0.39 is 0 Å². The lowest BCUT2D eigenvalue weighted by Gasteiger charge is -2.24. The lowest BCUT2D eigenvalue weighted by atomic mass is 9.88. The van der Waals surface area contributed by atoms with Crippen molar-refractivity contribution < 1.29 is 9.53 Å². The quantitative estimate of drug-likeness (QED) is 0.604. The van der Waals surface area contributed by atoms with Gasteiger partial charge in [0, 0.05) is 5.54 Å². The summed E-state index contributed by atoms with van der Waals surface area (Å²) < 4.78 is 5.04. The van der Waals surface area contributed by atoms with Crippen LogP contribution in [0, 0.1) is 5.92 Å². The van der Waals surface area contributed by atoms with Gasteiger partial charge in [-0.1, -0.05) is 13.3 Å². The van der Waals surface area contributed by atoms with Gasteiger partial charge in [-0.2, -0.15) is 0 Å². The lowest BCUT2D eigenvalue weighted by molar-refractivity contribution is -0.142. The molecule has 2 atom stereocenters. The highest BCUT2D eigenvalue weighted by Crippen LogP contribution is 2.24. The van der Waals surface area contributed by atoms with Gasteiger partial charge < -0.3 is 10.5 Å². The van der Waals surface area contributed by atoms with E-state index in [-0.39, 0.29) is 17.4 Å². The Kier molecular flexibility index (Phi) is 3.32. The zero-order valence-electron chi connectivity index (χ0n) is 9.17. The highest BCUT2D eigenvalue weighted by atomic mass is 16.5. The topological polar surface area (TPSA) is 52.3 Å². The summed E-state index contributed by atoms with van der Waals surface area (Å²) in [6.07, 6.45) is 4.22. The summed E-state index contributed by atoms with van der Waals surface area (Å²) >= 11 is 0. The Hall–Kier alpha value is -0.830. The first-order valence-corrected chi connectivity index (χ1v) is 5.10. The Morgan fingerprint density at radius 3 is 2.93 bits per heavy atom. The summed E-state index contributed by atoms with van der Waals surface area (Å²) in [4.78, 5) is 11.4. The van der Waals surface area contributed by atoms with Crippen LogP contribution in [0.15, 0.2) is 11.8 Å². The summed E-state index contributed by atoms with van der Waals surface area (Å²) in [6.45, 7) is 5.77. The molecular weight excluding hydrogens is 178 g/mol. The van der Waals surface area contributed by atoms with Crippen molar-refractivity contribution in [3.05, 3.63) is 11.8 Å². The third kappa shape index (κ3) is 2.58. The molecule has 2 unspecified atom stereocenters. The van der Waals surface area contributed by atoms with Crippen molar-refractivity contribution in [2.24, 2.45) is 11.7 Å². The SMILES string of the molecule is C/C1=C/OC(=O)C(C)CCCC1(C)N. The standard InChI is InChI=1S/C11H19NO2/c1-8-5-4-6-11(3,12)9(2)7-14-10(8)13/h7-8H,4-6,12H2,1-3H3/b9-7-. The van der Waals surface area contributed by atoms with E-state index in [2.05, 4.69) is 0 Å². The number of ether oxygens (including phenoxy) is 1. The zero-order chi connectivity index (χ0) is 10.8. The van der Waals surface area contributed by atoms with Gasteiger partial charge >= 0.3 is 5.97 Å². The second-order valence-corrected chi connectivity index (χ2v) is 4.45. The molecule has 1 aliphatic heterocycles. The minimum atomic E-state index is -0.343. The fourth-order valence-electron chi connectivity index (χ4n) is 1.49. The third-order valence-electron chi connectivity index (χ3n) is 2.99. The predicted octanol–water partition coefficient (Wildman–Crippen LogP) is 1.97. The summed E-state index contributed by atoms with van der Waals surface area (Å²) in [6, 6.07) is 0. The Bertz CT molecular complexity index is 256. The van der Waals surface area contributed by atoms with Crippen molar-refractivity contribution in [1.29, 1.82) is 0 Å². The molecule has 0 fully saturated rings. The molecule has 0 aromatic heterocycles. The minimum Gasteiger partial charge on any atom is -0.434 e. The van der Waals surface area contributed by atoms with E-state index in [1.54, 1.807) is 0 Å². The average molecular weight is 197 g/mol. The van der Waals surface area contributed by atoms with Crippen LogP contribution < -0.4 is 5.73 Å². The molecule has 3 heteroatoms. The van der Waals surface area contributed by atoms with Crippen LogP contribution >= 0.6 is 0 Å². The molecule has 3 nitrogen and oxygen atoms in total. The number of nitrogens with two attached hydrogens (primary N) is 1. The maximum Gasteiger partial charge on any atom is 0.313 e. The summed E-state index contributed by atoms with van der Waals surface area (Å²) in [7, 11) is 0. The van der Waals surface area contributed by atoms with E-state index in [0.717, 1.165) is 24.8 Å². The monoisotopic (exact) mass is 197 g/mol. The molecule has 0 spiro atoms. The molecule has 1 aliphatic rings. The Morgan fingerprint density at radius 2 is 2.29 bits per heavy atom. The first-order chi connectivity index (χ1) is 6.43. The fourth-order valence-corrected chi connectivity index (χ4v) is 1.49. The minimum absolute atomic E-state index is 0.0204. The first-order valence-electron chi connectivity index (χ1n) is 5.10. The van der Waals surface area contributed by atoms with Gasteiger partial charge in [-0.3, -0.25) is 4.79 Å². The van der Waals surface area contributed by atoms with Crippen molar-refractivity contribution in [3.63, 3.8) is 0 Å². The Labute approximate surface area is 85.3 Å². The van der Waals surface area contributed by atoms with Crippen LogP contribution in [0.5, 0.6) is 0 Å². The Balaban J connectivity index is 2.80. The zero-order valence-corrected chi connectivity index (χ0v) is 9.17. The number of rotatable bonds is 0. The molecule has 0 amide bonds. The molecule has 0 saturated carbocycles. The average Bonchev–Trinajstić information content (AvgIpc) is 2.14. The molecular formula is C11H19NO2. The highest BCUT2D eigenvalue weighted by molar-refractivity contribution is 5.72. The fraction of sp³-hybridized carbons (Fsp3) is 0.727. The van der Waals surface area contributed by atoms with Gasteiger partial charge in [-0.15, -0.1) is 0 Å². The molecule has 0 bridgehead atoms. The van der Waals surface area contributed by atoms with Crippen LogP contribution in [0.1, 0.15) is 40.0 Å². The van der Waals surface area contributed by atoms with Crippen molar-refractivity contribution in [2.45, 2.75) is 45.6 Å². The van der Waals surface area contributed by atoms with E-state index >= 15 is 0 Å². The van der Waals surface area contributed by atoms with Crippen LogP contribution in [-0.2, 0) is 9.53 Å². The van der Waals surface area contributed by atoms with Gasteiger partial charge in [0.1, 0.15) is 0 Å². The number of carbonyl (C=O) groups is 1. The normalized spacial score (nSPS) is 38.7. The van der Waals surface area contributed by atoms with Crippen LogP contribution in [0.4, 0.5) is 0 Å². The summed E-state index contributed by atoms with van der Waals surface area (Å²) in [5.74, 6) is -0.171. The molecule has 0 aliphatic carbocycles. The second-order valence-electron chi connectivity index (χ2n) is 4.45. The number of cyclic esters (lactones) is 1. The molecule has 2 N–H and O–H groups in total. The van der Waals surface area contributed by atoms with Gasteiger partial charge in [-0.25, -0.2) is 0 Å². The predicted molar refractivity (Wildman–Crippen MR) is 55.5 cm³/mol. The number of hydrogen-bond donors (Lipinski definition) is 1. The van der Waals surface area contributed by atoms with Crippen LogP contribution in [-0.4, -0.2) is 11.5 Å². The van der Waals surface area contributed by atoms with Crippen LogP contribution in [0.25, 0.3) is 0 Å². The van der Waals surface area contributed by atoms with E-state index in [4.69, 9.17) is 10.5 Å².